The number of H-pyrrole nitrogens is 1. The molecule has 0 unspecified atom stereocenters. The Morgan fingerprint density at radius 2 is 2.46 bits per heavy atom. The molecule has 0 atom stereocenters. The highest BCUT2D eigenvalue weighted by molar-refractivity contribution is 7.13. The van der Waals surface area contributed by atoms with Gasteiger partial charge in [-0.1, -0.05) is 6.07 Å². The molecule has 2 aromatic rings. The van der Waals surface area contributed by atoms with Crippen LogP contribution in [0.4, 0.5) is 0 Å². The quantitative estimate of drug-likeness (QED) is 0.753. The Labute approximate surface area is 78.4 Å². The van der Waals surface area contributed by atoms with Crippen molar-refractivity contribution in [2.45, 2.75) is 0 Å². The van der Waals surface area contributed by atoms with E-state index in [1.165, 1.54) is 0 Å². The van der Waals surface area contributed by atoms with E-state index in [1.54, 1.807) is 17.4 Å². The summed E-state index contributed by atoms with van der Waals surface area (Å²) in [5.41, 5.74) is 6.15. The van der Waals surface area contributed by atoms with Crippen molar-refractivity contribution in [3.8, 4) is 10.6 Å². The van der Waals surface area contributed by atoms with Gasteiger partial charge < -0.3 is 5.73 Å². The first-order valence-corrected chi connectivity index (χ1v) is 4.54. The molecule has 66 valence electrons. The molecule has 0 saturated carbocycles. The molecule has 0 bridgehead atoms. The van der Waals surface area contributed by atoms with Crippen molar-refractivity contribution in [3.63, 3.8) is 0 Å². The fourth-order valence-corrected chi connectivity index (χ4v) is 1.70. The van der Waals surface area contributed by atoms with Gasteiger partial charge in [0.05, 0.1) is 10.6 Å². The lowest BCUT2D eigenvalue weighted by Gasteiger charge is -1.85. The standard InChI is InChI=1S/C8H7N3OS/c9-8(12)6-4-5(10-11-6)7-2-1-3-13-7/h1-4H,(H2,9,12)(H,10,11). The zero-order valence-corrected chi connectivity index (χ0v) is 7.47. The molecule has 0 aliphatic carbocycles. The van der Waals surface area contributed by atoms with Gasteiger partial charge in [0.1, 0.15) is 5.69 Å². The highest BCUT2D eigenvalue weighted by Gasteiger charge is 2.07. The zero-order valence-electron chi connectivity index (χ0n) is 6.65. The van der Waals surface area contributed by atoms with E-state index in [9.17, 15) is 4.79 Å². The molecule has 0 saturated heterocycles. The number of amides is 1. The number of carbonyl (C=O) groups is 1. The summed E-state index contributed by atoms with van der Waals surface area (Å²) in [7, 11) is 0. The van der Waals surface area contributed by atoms with Crippen LogP contribution in [0.2, 0.25) is 0 Å². The minimum absolute atomic E-state index is 0.267. The van der Waals surface area contributed by atoms with Crippen LogP contribution in [0, 0.1) is 0 Å². The summed E-state index contributed by atoms with van der Waals surface area (Å²) >= 11 is 1.58. The van der Waals surface area contributed by atoms with Gasteiger partial charge in [0, 0.05) is 0 Å². The Hall–Kier alpha value is -1.62. The van der Waals surface area contributed by atoms with Crippen LogP contribution in [-0.4, -0.2) is 16.1 Å². The number of aromatic amines is 1. The average Bonchev–Trinajstić information content (AvgIpc) is 2.75. The zero-order chi connectivity index (χ0) is 9.26. The van der Waals surface area contributed by atoms with Gasteiger partial charge >= 0.3 is 0 Å². The molecule has 2 rings (SSSR count). The van der Waals surface area contributed by atoms with Crippen molar-refractivity contribution in [2.24, 2.45) is 5.73 Å². The first-order chi connectivity index (χ1) is 6.27. The molecule has 0 aromatic carbocycles. The highest BCUT2D eigenvalue weighted by Crippen LogP contribution is 2.22. The second kappa shape index (κ2) is 3.02. The van der Waals surface area contributed by atoms with Crippen molar-refractivity contribution in [1.29, 1.82) is 0 Å². The largest absolute Gasteiger partial charge is 0.364 e. The summed E-state index contributed by atoms with van der Waals surface area (Å²) in [6.45, 7) is 0. The Kier molecular flexibility index (Phi) is 1.86. The molecule has 0 aliphatic rings. The molecule has 3 N–H and O–H groups in total. The predicted molar refractivity (Wildman–Crippen MR) is 50.4 cm³/mol. The van der Waals surface area contributed by atoms with Crippen LogP contribution in [0.15, 0.2) is 23.6 Å². The van der Waals surface area contributed by atoms with E-state index in [4.69, 9.17) is 5.73 Å². The topological polar surface area (TPSA) is 71.8 Å². The van der Waals surface area contributed by atoms with Crippen LogP contribution >= 0.6 is 11.3 Å². The Morgan fingerprint density at radius 1 is 1.62 bits per heavy atom. The lowest BCUT2D eigenvalue weighted by atomic mass is 10.3. The number of hydrogen-bond acceptors (Lipinski definition) is 3. The molecule has 13 heavy (non-hydrogen) atoms. The van der Waals surface area contributed by atoms with E-state index in [0.29, 0.717) is 0 Å². The molecule has 0 radical (unpaired) electrons. The van der Waals surface area contributed by atoms with Crippen molar-refractivity contribution < 1.29 is 4.79 Å². The fourth-order valence-electron chi connectivity index (χ4n) is 1.01. The molecule has 0 fully saturated rings. The van der Waals surface area contributed by atoms with Crippen LogP contribution in [0.3, 0.4) is 0 Å². The smallest absolute Gasteiger partial charge is 0.269 e. The van der Waals surface area contributed by atoms with Crippen molar-refractivity contribution in [1.82, 2.24) is 10.2 Å². The van der Waals surface area contributed by atoms with Crippen molar-refractivity contribution in [2.75, 3.05) is 0 Å². The molecule has 4 nitrogen and oxygen atoms in total. The minimum Gasteiger partial charge on any atom is -0.364 e. The van der Waals surface area contributed by atoms with Crippen molar-refractivity contribution in [3.05, 3.63) is 29.3 Å². The van der Waals surface area contributed by atoms with Crippen LogP contribution in [-0.2, 0) is 0 Å². The van der Waals surface area contributed by atoms with E-state index < -0.39 is 5.91 Å². The first kappa shape index (κ1) is 8.00. The molecular formula is C8H7N3OS. The van der Waals surface area contributed by atoms with Crippen LogP contribution in [0.25, 0.3) is 10.6 Å². The fraction of sp³-hybridized carbons (Fsp3) is 0. The average molecular weight is 193 g/mol. The third-order valence-electron chi connectivity index (χ3n) is 1.62. The molecule has 0 spiro atoms. The van der Waals surface area contributed by atoms with Gasteiger partial charge in [0.15, 0.2) is 0 Å². The SMILES string of the molecule is NC(=O)c1cc(-c2cccs2)[nH]n1. The molecule has 2 heterocycles. The molecule has 1 amide bonds. The number of primary amides is 1. The second-order valence-electron chi connectivity index (χ2n) is 2.51. The summed E-state index contributed by atoms with van der Waals surface area (Å²) in [5.74, 6) is -0.515. The van der Waals surface area contributed by atoms with E-state index >= 15 is 0 Å². The van der Waals surface area contributed by atoms with Crippen molar-refractivity contribution >= 4 is 17.2 Å². The number of carbonyl (C=O) groups excluding carboxylic acids is 1. The normalized spacial score (nSPS) is 10.2. The molecular weight excluding hydrogens is 186 g/mol. The lowest BCUT2D eigenvalue weighted by molar-refractivity contribution is 0.0995. The summed E-state index contributed by atoms with van der Waals surface area (Å²) in [6, 6.07) is 5.53. The van der Waals surface area contributed by atoms with Gasteiger partial charge in [-0.05, 0) is 17.5 Å². The number of aromatic nitrogens is 2. The van der Waals surface area contributed by atoms with E-state index in [1.807, 2.05) is 17.5 Å². The Bertz CT molecular complexity index is 418. The van der Waals surface area contributed by atoms with Gasteiger partial charge in [0.25, 0.3) is 5.91 Å². The Balaban J connectivity index is 2.39. The third-order valence-corrected chi connectivity index (χ3v) is 2.52. The lowest BCUT2D eigenvalue weighted by Crippen LogP contribution is -2.10. The molecule has 0 aliphatic heterocycles. The second-order valence-corrected chi connectivity index (χ2v) is 3.46. The number of nitrogens with two attached hydrogens (primary N) is 1. The third kappa shape index (κ3) is 1.46. The van der Waals surface area contributed by atoms with Crippen LogP contribution in [0.5, 0.6) is 0 Å². The molecule has 2 aromatic heterocycles. The van der Waals surface area contributed by atoms with Gasteiger partial charge in [0.2, 0.25) is 0 Å². The maximum atomic E-state index is 10.7. The molecule has 5 heteroatoms. The van der Waals surface area contributed by atoms with Gasteiger partial charge in [-0.3, -0.25) is 9.89 Å². The first-order valence-electron chi connectivity index (χ1n) is 3.66. The summed E-state index contributed by atoms with van der Waals surface area (Å²) in [5, 5.41) is 8.49. The summed E-state index contributed by atoms with van der Waals surface area (Å²) in [6.07, 6.45) is 0. The van der Waals surface area contributed by atoms with Gasteiger partial charge in [-0.15, -0.1) is 11.3 Å². The number of rotatable bonds is 2. The van der Waals surface area contributed by atoms with E-state index in [-0.39, 0.29) is 5.69 Å². The number of hydrogen-bond donors (Lipinski definition) is 2. The maximum Gasteiger partial charge on any atom is 0.269 e. The van der Waals surface area contributed by atoms with Crippen LogP contribution < -0.4 is 5.73 Å². The number of nitrogens with one attached hydrogen (secondary N) is 1. The van der Waals surface area contributed by atoms with E-state index in [2.05, 4.69) is 10.2 Å². The minimum atomic E-state index is -0.515. The van der Waals surface area contributed by atoms with Gasteiger partial charge in [-0.2, -0.15) is 5.10 Å². The summed E-state index contributed by atoms with van der Waals surface area (Å²) < 4.78 is 0. The maximum absolute atomic E-state index is 10.7. The number of nitrogens with zero attached hydrogens (tertiary/aromatic N) is 1. The summed E-state index contributed by atoms with van der Waals surface area (Å²) in [4.78, 5) is 11.8. The predicted octanol–water partition coefficient (Wildman–Crippen LogP) is 1.24. The number of thiophene rings is 1. The monoisotopic (exact) mass is 193 g/mol. The Morgan fingerprint density at radius 3 is 3.00 bits per heavy atom. The van der Waals surface area contributed by atoms with Gasteiger partial charge in [-0.25, -0.2) is 0 Å². The van der Waals surface area contributed by atoms with E-state index in [0.717, 1.165) is 10.6 Å². The highest BCUT2D eigenvalue weighted by atomic mass is 32.1. The van der Waals surface area contributed by atoms with Crippen LogP contribution in [0.1, 0.15) is 10.5 Å².